The molecule has 9 aromatic rings. The van der Waals surface area contributed by atoms with E-state index in [1.165, 1.54) is 106 Å². The van der Waals surface area contributed by atoms with Gasteiger partial charge in [-0.2, -0.15) is 0 Å². The Morgan fingerprint density at radius 2 is 0.600 bits per heavy atom. The van der Waals surface area contributed by atoms with Crippen molar-refractivity contribution in [3.05, 3.63) is 161 Å². The van der Waals surface area contributed by atoms with Crippen LogP contribution in [0, 0.1) is 41.5 Å². The molecule has 3 aromatic heterocycles. The van der Waals surface area contributed by atoms with E-state index in [2.05, 4.69) is 169 Å². The van der Waals surface area contributed by atoms with E-state index in [0.717, 1.165) is 0 Å². The van der Waals surface area contributed by atoms with Gasteiger partial charge in [-0.1, -0.05) is 89.9 Å². The molecule has 0 aliphatic carbocycles. The summed E-state index contributed by atoms with van der Waals surface area (Å²) in [6.45, 7) is 13.8. The molecule has 0 spiro atoms. The molecule has 9 rings (SSSR count). The lowest BCUT2D eigenvalue weighted by molar-refractivity contribution is 1.12. The largest absolute Gasteiger partial charge is 0.167 e. The highest BCUT2D eigenvalue weighted by atomic mass is 32.2. The molecule has 0 unspecified atom stereocenters. The predicted octanol–water partition coefficient (Wildman–Crippen LogP) is 16.7. The summed E-state index contributed by atoms with van der Waals surface area (Å²) in [6, 6.07) is 48.0. The van der Waals surface area contributed by atoms with Crippen molar-refractivity contribution in [3.8, 4) is 0 Å². The number of rotatable bonds is 9. The van der Waals surface area contributed by atoms with Gasteiger partial charge in [0.05, 0.1) is 23.5 Å². The van der Waals surface area contributed by atoms with Gasteiger partial charge < -0.3 is 0 Å². The lowest BCUT2D eigenvalue weighted by Gasteiger charge is -2.17. The SMILES string of the molecule is Cc1cc([S+](c2cc(C)c(Sc3cc4ccccc4s3)c(C)c2)c2cc(C)c(Sc3cc4ccccc4s3)c(C)c2)cc(C)c1Sc1cc2ccccc2s1. The summed E-state index contributed by atoms with van der Waals surface area (Å²) < 4.78 is 8.06. The zero-order chi connectivity index (χ0) is 37.8. The molecule has 55 heavy (non-hydrogen) atoms. The van der Waals surface area contributed by atoms with Crippen molar-refractivity contribution in [1.29, 1.82) is 0 Å². The molecule has 0 fully saturated rings. The Hall–Kier alpha value is -3.40. The van der Waals surface area contributed by atoms with Crippen molar-refractivity contribution < 1.29 is 0 Å². The Bertz CT molecular complexity index is 2410. The van der Waals surface area contributed by atoms with E-state index < -0.39 is 0 Å². The minimum absolute atomic E-state index is 0.298. The summed E-state index contributed by atoms with van der Waals surface area (Å²) in [5, 5.41) is 3.97. The van der Waals surface area contributed by atoms with E-state index in [4.69, 9.17) is 0 Å². The van der Waals surface area contributed by atoms with Crippen molar-refractivity contribution in [2.24, 2.45) is 0 Å². The molecule has 0 bridgehead atoms. The molecule has 0 aliphatic heterocycles. The molecule has 0 amide bonds. The quantitative estimate of drug-likeness (QED) is 0.133. The van der Waals surface area contributed by atoms with Crippen LogP contribution in [0.2, 0.25) is 0 Å². The average Bonchev–Trinajstić information content (AvgIpc) is 3.89. The van der Waals surface area contributed by atoms with Gasteiger partial charge in [0.2, 0.25) is 0 Å². The second kappa shape index (κ2) is 15.5. The van der Waals surface area contributed by atoms with Crippen molar-refractivity contribution >= 4 is 110 Å². The molecule has 0 radical (unpaired) electrons. The molecule has 0 saturated carbocycles. The molecular formula is C48H39S7+. The summed E-state index contributed by atoms with van der Waals surface area (Å²) in [7, 11) is -0.298. The van der Waals surface area contributed by atoms with Crippen LogP contribution in [0.25, 0.3) is 30.3 Å². The number of aryl methyl sites for hydroxylation is 6. The van der Waals surface area contributed by atoms with Crippen LogP contribution in [0.1, 0.15) is 33.4 Å². The van der Waals surface area contributed by atoms with Crippen LogP contribution in [0.15, 0.2) is 169 Å². The number of thiophene rings is 3. The Morgan fingerprint density at radius 1 is 0.345 bits per heavy atom. The molecule has 0 aliphatic rings. The maximum absolute atomic E-state index is 2.47. The van der Waals surface area contributed by atoms with E-state index >= 15 is 0 Å². The van der Waals surface area contributed by atoms with Gasteiger partial charge in [0, 0.05) is 28.8 Å². The normalized spacial score (nSPS) is 11.8. The van der Waals surface area contributed by atoms with Crippen LogP contribution in [0.3, 0.4) is 0 Å². The highest BCUT2D eigenvalue weighted by Crippen LogP contribution is 2.46. The molecule has 272 valence electrons. The fraction of sp³-hybridized carbons (Fsp3) is 0.125. The predicted molar refractivity (Wildman–Crippen MR) is 248 cm³/mol. The molecule has 0 atom stereocenters. The third-order valence-corrected chi connectivity index (χ3v) is 19.7. The lowest BCUT2D eigenvalue weighted by atomic mass is 10.1. The Labute approximate surface area is 351 Å². The summed E-state index contributed by atoms with van der Waals surface area (Å²) >= 11 is 11.4. The topological polar surface area (TPSA) is 0 Å². The molecular weight excluding hydrogens is 801 g/mol. The lowest BCUT2D eigenvalue weighted by Crippen LogP contribution is -2.09. The van der Waals surface area contributed by atoms with Crippen molar-refractivity contribution in [2.45, 2.75) is 83.5 Å². The van der Waals surface area contributed by atoms with Crippen LogP contribution < -0.4 is 0 Å². The fourth-order valence-electron chi connectivity index (χ4n) is 7.30. The fourth-order valence-corrected chi connectivity index (χ4v) is 16.8. The Kier molecular flexibility index (Phi) is 10.5. The number of hydrogen-bond acceptors (Lipinski definition) is 6. The molecule has 0 N–H and O–H groups in total. The Morgan fingerprint density at radius 3 is 0.855 bits per heavy atom. The second-order valence-electron chi connectivity index (χ2n) is 14.1. The van der Waals surface area contributed by atoms with Gasteiger partial charge in [-0.05, 0) is 164 Å². The van der Waals surface area contributed by atoms with E-state index in [0.29, 0.717) is 0 Å². The molecule has 0 saturated heterocycles. The molecule has 7 heteroatoms. The van der Waals surface area contributed by atoms with Crippen LogP contribution in [0.5, 0.6) is 0 Å². The average molecular weight is 840 g/mol. The van der Waals surface area contributed by atoms with Crippen LogP contribution in [0.4, 0.5) is 0 Å². The monoisotopic (exact) mass is 839 g/mol. The van der Waals surface area contributed by atoms with Crippen LogP contribution in [-0.4, -0.2) is 0 Å². The van der Waals surface area contributed by atoms with Crippen LogP contribution in [-0.2, 0) is 10.9 Å². The highest BCUT2D eigenvalue weighted by Gasteiger charge is 2.33. The maximum Gasteiger partial charge on any atom is 0.167 e. The van der Waals surface area contributed by atoms with Crippen LogP contribution >= 0.6 is 69.3 Å². The second-order valence-corrected chi connectivity index (χ2v) is 23.3. The smallest absolute Gasteiger partial charge is 0.128 e. The van der Waals surface area contributed by atoms with Crippen molar-refractivity contribution in [2.75, 3.05) is 0 Å². The van der Waals surface area contributed by atoms with E-state index in [1.807, 2.05) is 69.3 Å². The third kappa shape index (κ3) is 7.58. The minimum Gasteiger partial charge on any atom is -0.128 e. The van der Waals surface area contributed by atoms with E-state index in [9.17, 15) is 0 Å². The summed E-state index contributed by atoms with van der Waals surface area (Å²) in [5.41, 5.74) is 8.03. The minimum atomic E-state index is -0.298. The van der Waals surface area contributed by atoms with Gasteiger partial charge in [0.1, 0.15) is 0 Å². The number of benzene rings is 6. The zero-order valence-corrected chi connectivity index (χ0v) is 37.2. The highest BCUT2D eigenvalue weighted by molar-refractivity contribution is 8.02. The van der Waals surface area contributed by atoms with Gasteiger partial charge in [-0.15, -0.1) is 34.0 Å². The maximum atomic E-state index is 2.47. The number of hydrogen-bond donors (Lipinski definition) is 0. The standard InChI is InChI=1S/C48H39S7/c1-28-19-37(20-29(2)46(28)52-43-25-34-13-7-10-16-40(34)49-43)55(38-21-30(3)47(31(4)22-38)53-44-26-35-14-8-11-17-41(35)50-44)39-23-32(5)48(33(6)24-39)54-45-27-36-15-9-12-18-42(36)51-45/h7-27H,1-6H3/q+1. The first-order valence-electron chi connectivity index (χ1n) is 18.2. The molecule has 6 aromatic carbocycles. The van der Waals surface area contributed by atoms with Gasteiger partial charge in [0.15, 0.2) is 14.7 Å². The summed E-state index contributed by atoms with van der Waals surface area (Å²) in [6.07, 6.45) is 0. The number of fused-ring (bicyclic) bond motifs is 3. The zero-order valence-electron chi connectivity index (χ0n) is 31.5. The van der Waals surface area contributed by atoms with Gasteiger partial charge >= 0.3 is 0 Å². The summed E-state index contributed by atoms with van der Waals surface area (Å²) in [4.78, 5) is 8.23. The van der Waals surface area contributed by atoms with Gasteiger partial charge in [0.25, 0.3) is 0 Å². The van der Waals surface area contributed by atoms with E-state index in [1.54, 1.807) is 0 Å². The first-order valence-corrected chi connectivity index (χ1v) is 24.4. The molecule has 0 nitrogen and oxygen atoms in total. The van der Waals surface area contributed by atoms with Crippen molar-refractivity contribution in [3.63, 3.8) is 0 Å². The first kappa shape index (κ1) is 37.2. The van der Waals surface area contributed by atoms with Crippen molar-refractivity contribution in [1.82, 2.24) is 0 Å². The van der Waals surface area contributed by atoms with Gasteiger partial charge in [-0.25, -0.2) is 0 Å². The Balaban J connectivity index is 1.12. The van der Waals surface area contributed by atoms with E-state index in [-0.39, 0.29) is 10.9 Å². The molecule has 3 heterocycles. The first-order chi connectivity index (χ1) is 26.7. The summed E-state index contributed by atoms with van der Waals surface area (Å²) in [5.74, 6) is 0. The van der Waals surface area contributed by atoms with Gasteiger partial charge in [-0.3, -0.25) is 0 Å². The third-order valence-electron chi connectivity index (χ3n) is 9.83.